The molecule has 6 heteroatoms. The van der Waals surface area contributed by atoms with Crippen molar-refractivity contribution in [2.75, 3.05) is 20.5 Å². The van der Waals surface area contributed by atoms with Crippen LogP contribution in [0.15, 0.2) is 35.4 Å². The molecule has 0 fully saturated rings. The molecule has 1 aromatic carbocycles. The van der Waals surface area contributed by atoms with E-state index in [2.05, 4.69) is 5.10 Å². The van der Waals surface area contributed by atoms with E-state index in [0.29, 0.717) is 5.69 Å². The first-order valence-corrected chi connectivity index (χ1v) is 6.79. The van der Waals surface area contributed by atoms with Gasteiger partial charge in [-0.2, -0.15) is 5.10 Å². The zero-order valence-corrected chi connectivity index (χ0v) is 11.7. The van der Waals surface area contributed by atoms with E-state index in [1.54, 1.807) is 17.9 Å². The molecular weight excluding hydrogens is 264 g/mol. The Hall–Kier alpha value is -1.95. The standard InChI is InChI=1S/C13H14N2O3S/c1-17-10-6-4-9(5-7-10)15-11(13(16)18-2)8-12(14-15)19-3/h4-8H,1-3H3. The first kappa shape index (κ1) is 13.5. The minimum absolute atomic E-state index is 0.400. The van der Waals surface area contributed by atoms with Crippen molar-refractivity contribution in [1.82, 2.24) is 9.78 Å². The summed E-state index contributed by atoms with van der Waals surface area (Å²) in [6, 6.07) is 9.01. The lowest BCUT2D eigenvalue weighted by Crippen LogP contribution is -2.10. The van der Waals surface area contributed by atoms with Gasteiger partial charge < -0.3 is 9.47 Å². The number of carbonyl (C=O) groups excluding carboxylic acids is 1. The average molecular weight is 278 g/mol. The van der Waals surface area contributed by atoms with Gasteiger partial charge in [-0.1, -0.05) is 0 Å². The summed E-state index contributed by atoms with van der Waals surface area (Å²) in [6.07, 6.45) is 1.90. The van der Waals surface area contributed by atoms with Gasteiger partial charge in [-0.05, 0) is 30.5 Å². The van der Waals surface area contributed by atoms with E-state index in [9.17, 15) is 4.79 Å². The molecule has 0 amide bonds. The maximum absolute atomic E-state index is 11.7. The predicted molar refractivity (Wildman–Crippen MR) is 73.2 cm³/mol. The van der Waals surface area contributed by atoms with Crippen molar-refractivity contribution in [2.24, 2.45) is 0 Å². The summed E-state index contributed by atoms with van der Waals surface area (Å²) < 4.78 is 11.4. The fourth-order valence-corrected chi connectivity index (χ4v) is 2.02. The predicted octanol–water partition coefficient (Wildman–Crippen LogP) is 2.39. The van der Waals surface area contributed by atoms with Crippen LogP contribution in [0, 0.1) is 0 Å². The fraction of sp³-hybridized carbons (Fsp3) is 0.231. The fourth-order valence-electron chi connectivity index (χ4n) is 1.63. The van der Waals surface area contributed by atoms with Crippen LogP contribution in [0.1, 0.15) is 10.5 Å². The van der Waals surface area contributed by atoms with Gasteiger partial charge in [0.05, 0.1) is 19.9 Å². The van der Waals surface area contributed by atoms with Crippen LogP contribution in [-0.4, -0.2) is 36.2 Å². The quantitative estimate of drug-likeness (QED) is 0.635. The first-order valence-electron chi connectivity index (χ1n) is 5.56. The molecule has 0 aliphatic heterocycles. The molecule has 0 saturated carbocycles. The minimum Gasteiger partial charge on any atom is -0.497 e. The molecule has 19 heavy (non-hydrogen) atoms. The molecule has 0 unspecified atom stereocenters. The summed E-state index contributed by atoms with van der Waals surface area (Å²) in [4.78, 5) is 11.7. The van der Waals surface area contributed by atoms with Gasteiger partial charge >= 0.3 is 5.97 Å². The van der Waals surface area contributed by atoms with Gasteiger partial charge in [-0.15, -0.1) is 11.8 Å². The molecule has 2 aromatic rings. The molecule has 0 saturated heterocycles. The van der Waals surface area contributed by atoms with Crippen LogP contribution in [0.2, 0.25) is 0 Å². The maximum atomic E-state index is 11.7. The molecule has 1 heterocycles. The van der Waals surface area contributed by atoms with Crippen LogP contribution in [0.25, 0.3) is 5.69 Å². The number of benzene rings is 1. The summed E-state index contributed by atoms with van der Waals surface area (Å²) in [5, 5.41) is 5.12. The highest BCUT2D eigenvalue weighted by molar-refractivity contribution is 7.98. The molecule has 0 aliphatic rings. The van der Waals surface area contributed by atoms with Crippen molar-refractivity contribution in [3.8, 4) is 11.4 Å². The number of hydrogen-bond acceptors (Lipinski definition) is 5. The average Bonchev–Trinajstić information content (AvgIpc) is 2.90. The zero-order chi connectivity index (χ0) is 13.8. The Balaban J connectivity index is 2.46. The van der Waals surface area contributed by atoms with Crippen molar-refractivity contribution in [3.05, 3.63) is 36.0 Å². The van der Waals surface area contributed by atoms with Gasteiger partial charge in [0, 0.05) is 6.07 Å². The molecule has 0 radical (unpaired) electrons. The van der Waals surface area contributed by atoms with E-state index in [4.69, 9.17) is 9.47 Å². The zero-order valence-electron chi connectivity index (χ0n) is 10.9. The Kier molecular flexibility index (Phi) is 4.11. The Morgan fingerprint density at radius 3 is 2.47 bits per heavy atom. The Morgan fingerprint density at radius 1 is 1.26 bits per heavy atom. The number of nitrogens with zero attached hydrogens (tertiary/aromatic N) is 2. The molecular formula is C13H14N2O3S. The second-order valence-corrected chi connectivity index (χ2v) is 4.50. The van der Waals surface area contributed by atoms with Gasteiger partial charge in [-0.3, -0.25) is 0 Å². The largest absolute Gasteiger partial charge is 0.497 e. The van der Waals surface area contributed by atoms with E-state index in [0.717, 1.165) is 16.5 Å². The van der Waals surface area contributed by atoms with E-state index in [1.165, 1.54) is 18.9 Å². The summed E-state index contributed by atoms with van der Waals surface area (Å²) in [6.45, 7) is 0. The molecule has 5 nitrogen and oxygen atoms in total. The number of thioether (sulfide) groups is 1. The Labute approximate surface area is 115 Å². The van der Waals surface area contributed by atoms with Crippen molar-refractivity contribution >= 4 is 17.7 Å². The van der Waals surface area contributed by atoms with Crippen LogP contribution in [0.3, 0.4) is 0 Å². The van der Waals surface area contributed by atoms with Gasteiger partial charge in [0.25, 0.3) is 0 Å². The van der Waals surface area contributed by atoms with Gasteiger partial charge in [0.2, 0.25) is 0 Å². The minimum atomic E-state index is -0.413. The molecule has 1 aromatic heterocycles. The molecule has 0 spiro atoms. The first-order chi connectivity index (χ1) is 9.19. The Bertz CT molecular complexity index is 578. The van der Waals surface area contributed by atoms with Crippen LogP contribution in [0.5, 0.6) is 5.75 Å². The summed E-state index contributed by atoms with van der Waals surface area (Å²) >= 11 is 1.47. The highest BCUT2D eigenvalue weighted by atomic mass is 32.2. The lowest BCUT2D eigenvalue weighted by Gasteiger charge is -2.06. The molecule has 100 valence electrons. The molecule has 0 aliphatic carbocycles. The van der Waals surface area contributed by atoms with E-state index in [-0.39, 0.29) is 0 Å². The van der Waals surface area contributed by atoms with Gasteiger partial charge in [0.1, 0.15) is 10.8 Å². The van der Waals surface area contributed by atoms with Gasteiger partial charge in [-0.25, -0.2) is 9.48 Å². The van der Waals surface area contributed by atoms with Gasteiger partial charge in [0.15, 0.2) is 5.69 Å². The third-order valence-corrected chi connectivity index (χ3v) is 3.23. The lowest BCUT2D eigenvalue weighted by atomic mass is 10.3. The van der Waals surface area contributed by atoms with Crippen LogP contribution in [0.4, 0.5) is 0 Å². The second kappa shape index (κ2) is 5.79. The smallest absolute Gasteiger partial charge is 0.356 e. The third kappa shape index (κ3) is 2.73. The molecule has 0 N–H and O–H groups in total. The topological polar surface area (TPSA) is 53.3 Å². The Morgan fingerprint density at radius 2 is 1.95 bits per heavy atom. The maximum Gasteiger partial charge on any atom is 0.356 e. The lowest BCUT2D eigenvalue weighted by molar-refractivity contribution is 0.0590. The van der Waals surface area contributed by atoms with Crippen LogP contribution >= 0.6 is 11.8 Å². The number of aromatic nitrogens is 2. The van der Waals surface area contributed by atoms with E-state index < -0.39 is 5.97 Å². The second-order valence-electron chi connectivity index (χ2n) is 3.67. The monoisotopic (exact) mass is 278 g/mol. The van der Waals surface area contributed by atoms with Crippen molar-refractivity contribution in [2.45, 2.75) is 5.03 Å². The van der Waals surface area contributed by atoms with Crippen molar-refractivity contribution in [1.29, 1.82) is 0 Å². The normalized spacial score (nSPS) is 10.3. The number of methoxy groups -OCH3 is 2. The summed E-state index contributed by atoms with van der Waals surface area (Å²) in [7, 11) is 2.96. The molecule has 0 atom stereocenters. The number of hydrogen-bond donors (Lipinski definition) is 0. The SMILES string of the molecule is COC(=O)c1cc(SC)nn1-c1ccc(OC)cc1. The van der Waals surface area contributed by atoms with Crippen molar-refractivity contribution < 1.29 is 14.3 Å². The summed E-state index contributed by atoms with van der Waals surface area (Å²) in [5.74, 6) is 0.337. The summed E-state index contributed by atoms with van der Waals surface area (Å²) in [5.41, 5.74) is 1.18. The number of rotatable bonds is 4. The third-order valence-electron chi connectivity index (χ3n) is 2.61. The van der Waals surface area contributed by atoms with E-state index >= 15 is 0 Å². The van der Waals surface area contributed by atoms with Crippen LogP contribution < -0.4 is 4.74 Å². The highest BCUT2D eigenvalue weighted by Crippen LogP contribution is 2.21. The van der Waals surface area contributed by atoms with Crippen LogP contribution in [-0.2, 0) is 4.74 Å². The highest BCUT2D eigenvalue weighted by Gasteiger charge is 2.16. The molecule has 2 rings (SSSR count). The molecule has 0 bridgehead atoms. The number of ether oxygens (including phenoxy) is 2. The van der Waals surface area contributed by atoms with Crippen molar-refractivity contribution in [3.63, 3.8) is 0 Å². The number of esters is 1. The van der Waals surface area contributed by atoms with E-state index in [1.807, 2.05) is 30.5 Å². The number of carbonyl (C=O) groups is 1.